The van der Waals surface area contributed by atoms with E-state index in [2.05, 4.69) is 12.2 Å². The quantitative estimate of drug-likeness (QED) is 0.871. The van der Waals surface area contributed by atoms with Crippen LogP contribution in [0.5, 0.6) is 0 Å². The molecule has 2 unspecified atom stereocenters. The molecule has 106 valence electrons. The van der Waals surface area contributed by atoms with Gasteiger partial charge in [0.2, 0.25) is 0 Å². The van der Waals surface area contributed by atoms with E-state index >= 15 is 0 Å². The molecule has 1 nitrogen and oxygen atoms in total. The summed E-state index contributed by atoms with van der Waals surface area (Å²) in [6.07, 6.45) is 4.59. The van der Waals surface area contributed by atoms with Gasteiger partial charge in [0.25, 0.3) is 0 Å². The van der Waals surface area contributed by atoms with Crippen LogP contribution < -0.4 is 5.32 Å². The van der Waals surface area contributed by atoms with E-state index in [0.29, 0.717) is 16.3 Å². The second-order valence-corrected chi connectivity index (χ2v) is 6.79. The van der Waals surface area contributed by atoms with Gasteiger partial charge in [-0.15, -0.1) is 0 Å². The summed E-state index contributed by atoms with van der Waals surface area (Å²) in [6.45, 7) is 3.04. The van der Waals surface area contributed by atoms with E-state index in [-0.39, 0.29) is 5.82 Å². The first kappa shape index (κ1) is 15.1. The van der Waals surface area contributed by atoms with Crippen LogP contribution >= 0.6 is 23.4 Å². The first-order valence-electron chi connectivity index (χ1n) is 6.99. The molecule has 2 atom stereocenters. The maximum atomic E-state index is 13.9. The van der Waals surface area contributed by atoms with Crippen LogP contribution in [0.25, 0.3) is 0 Å². The molecule has 1 saturated heterocycles. The fourth-order valence-corrected chi connectivity index (χ4v) is 4.19. The summed E-state index contributed by atoms with van der Waals surface area (Å²) in [4.78, 5) is 0. The lowest BCUT2D eigenvalue weighted by atomic mass is 9.99. The van der Waals surface area contributed by atoms with Crippen LogP contribution in [0, 0.1) is 5.82 Å². The summed E-state index contributed by atoms with van der Waals surface area (Å²) in [7, 11) is 0. The third-order valence-corrected chi connectivity index (χ3v) is 5.34. The molecular formula is C15H21ClFNS. The summed E-state index contributed by atoms with van der Waals surface area (Å²) in [6, 6.07) is 5.35. The molecule has 0 aliphatic carbocycles. The Bertz CT molecular complexity index is 407. The van der Waals surface area contributed by atoms with Gasteiger partial charge in [-0.05, 0) is 49.3 Å². The van der Waals surface area contributed by atoms with Gasteiger partial charge < -0.3 is 5.32 Å². The molecule has 2 rings (SSSR count). The van der Waals surface area contributed by atoms with Crippen molar-refractivity contribution in [3.63, 3.8) is 0 Å². The smallest absolute Gasteiger partial charge is 0.127 e. The van der Waals surface area contributed by atoms with E-state index in [1.165, 1.54) is 31.1 Å². The molecule has 1 aromatic rings. The van der Waals surface area contributed by atoms with E-state index in [9.17, 15) is 4.39 Å². The number of rotatable bonds is 5. The number of hydrogen-bond donors (Lipinski definition) is 1. The molecule has 0 bridgehead atoms. The standard InChI is InChI=1S/C15H21ClFNS/c1-2-18-14(15-5-3-4-8-19-15)9-11-6-7-12(16)10-13(11)17/h6-7,10,14-15,18H,2-5,8-9H2,1H3. The predicted molar refractivity (Wildman–Crippen MR) is 82.7 cm³/mol. The first-order chi connectivity index (χ1) is 9.20. The van der Waals surface area contributed by atoms with Gasteiger partial charge in [0.05, 0.1) is 0 Å². The molecule has 1 fully saturated rings. The summed E-state index contributed by atoms with van der Waals surface area (Å²) in [5, 5.41) is 4.59. The Kier molecular flexibility index (Phi) is 5.99. The monoisotopic (exact) mass is 301 g/mol. The number of thioether (sulfide) groups is 1. The fraction of sp³-hybridized carbons (Fsp3) is 0.600. The molecule has 0 aromatic heterocycles. The highest BCUT2D eigenvalue weighted by Gasteiger charge is 2.24. The Morgan fingerprint density at radius 1 is 1.47 bits per heavy atom. The lowest BCUT2D eigenvalue weighted by Crippen LogP contribution is -2.41. The molecule has 1 aliphatic heterocycles. The fourth-order valence-electron chi connectivity index (χ4n) is 2.60. The largest absolute Gasteiger partial charge is 0.313 e. The topological polar surface area (TPSA) is 12.0 Å². The SMILES string of the molecule is CCNC(Cc1ccc(Cl)cc1F)C1CCCCS1. The highest BCUT2D eigenvalue weighted by molar-refractivity contribution is 8.00. The van der Waals surface area contributed by atoms with Crippen molar-refractivity contribution < 1.29 is 4.39 Å². The van der Waals surface area contributed by atoms with Crippen LogP contribution in [-0.2, 0) is 6.42 Å². The Morgan fingerprint density at radius 2 is 2.32 bits per heavy atom. The Balaban J connectivity index is 2.06. The molecule has 1 heterocycles. The normalized spacial score (nSPS) is 21.3. The van der Waals surface area contributed by atoms with Crippen molar-refractivity contribution in [2.45, 2.75) is 43.9 Å². The van der Waals surface area contributed by atoms with Gasteiger partial charge in [-0.25, -0.2) is 4.39 Å². The van der Waals surface area contributed by atoms with Gasteiger partial charge >= 0.3 is 0 Å². The molecule has 4 heteroatoms. The minimum absolute atomic E-state index is 0.184. The summed E-state index contributed by atoms with van der Waals surface area (Å²) < 4.78 is 13.9. The summed E-state index contributed by atoms with van der Waals surface area (Å²) >= 11 is 7.83. The third-order valence-electron chi connectivity index (χ3n) is 3.58. The maximum absolute atomic E-state index is 13.9. The van der Waals surface area contributed by atoms with Crippen molar-refractivity contribution in [2.75, 3.05) is 12.3 Å². The van der Waals surface area contributed by atoms with Crippen LogP contribution in [0.3, 0.4) is 0 Å². The summed E-state index contributed by atoms with van der Waals surface area (Å²) in [5.74, 6) is 1.05. The van der Waals surface area contributed by atoms with Gasteiger partial charge in [0.1, 0.15) is 5.82 Å². The van der Waals surface area contributed by atoms with Crippen LogP contribution in [0.4, 0.5) is 4.39 Å². The average molecular weight is 302 g/mol. The molecule has 0 amide bonds. The highest BCUT2D eigenvalue weighted by Crippen LogP contribution is 2.29. The van der Waals surface area contributed by atoms with Crippen LogP contribution in [0.15, 0.2) is 18.2 Å². The van der Waals surface area contributed by atoms with E-state index in [1.54, 1.807) is 6.07 Å². The van der Waals surface area contributed by atoms with Crippen molar-refractivity contribution in [1.29, 1.82) is 0 Å². The van der Waals surface area contributed by atoms with Crippen LogP contribution in [-0.4, -0.2) is 23.6 Å². The Hall–Kier alpha value is -0.250. The second-order valence-electron chi connectivity index (χ2n) is 5.01. The minimum atomic E-state index is -0.184. The lowest BCUT2D eigenvalue weighted by Gasteiger charge is -2.30. The molecule has 1 aliphatic rings. The zero-order chi connectivity index (χ0) is 13.7. The summed E-state index contributed by atoms with van der Waals surface area (Å²) in [5.41, 5.74) is 0.765. The molecule has 1 aromatic carbocycles. The van der Waals surface area contributed by atoms with E-state index in [4.69, 9.17) is 11.6 Å². The molecule has 0 spiro atoms. The zero-order valence-corrected chi connectivity index (χ0v) is 12.9. The second kappa shape index (κ2) is 7.51. The van der Waals surface area contributed by atoms with E-state index in [1.807, 2.05) is 17.8 Å². The van der Waals surface area contributed by atoms with Gasteiger partial charge in [0, 0.05) is 16.3 Å². The van der Waals surface area contributed by atoms with Crippen molar-refractivity contribution >= 4 is 23.4 Å². The Morgan fingerprint density at radius 3 is 2.95 bits per heavy atom. The molecule has 0 saturated carbocycles. The number of nitrogens with one attached hydrogen (secondary N) is 1. The number of hydrogen-bond acceptors (Lipinski definition) is 2. The van der Waals surface area contributed by atoms with Crippen molar-refractivity contribution in [1.82, 2.24) is 5.32 Å². The van der Waals surface area contributed by atoms with Crippen molar-refractivity contribution in [3.05, 3.63) is 34.6 Å². The van der Waals surface area contributed by atoms with E-state index in [0.717, 1.165) is 18.5 Å². The average Bonchev–Trinajstić information content (AvgIpc) is 2.42. The van der Waals surface area contributed by atoms with Gasteiger partial charge in [0.15, 0.2) is 0 Å². The zero-order valence-electron chi connectivity index (χ0n) is 11.3. The minimum Gasteiger partial charge on any atom is -0.313 e. The third kappa shape index (κ3) is 4.37. The van der Waals surface area contributed by atoms with Gasteiger partial charge in [-0.2, -0.15) is 11.8 Å². The molecule has 0 radical (unpaired) electrons. The predicted octanol–water partition coefficient (Wildman–Crippen LogP) is 4.29. The highest BCUT2D eigenvalue weighted by atomic mass is 35.5. The van der Waals surface area contributed by atoms with Crippen molar-refractivity contribution in [3.8, 4) is 0 Å². The lowest BCUT2D eigenvalue weighted by molar-refractivity contribution is 0.463. The maximum Gasteiger partial charge on any atom is 0.127 e. The van der Waals surface area contributed by atoms with E-state index < -0.39 is 0 Å². The number of halogens is 2. The Labute approximate surface area is 124 Å². The number of likely N-dealkylation sites (N-methyl/N-ethyl adjacent to an activating group) is 1. The van der Waals surface area contributed by atoms with Crippen molar-refractivity contribution in [2.24, 2.45) is 0 Å². The molecule has 1 N–H and O–H groups in total. The van der Waals surface area contributed by atoms with Crippen LogP contribution in [0.1, 0.15) is 31.7 Å². The van der Waals surface area contributed by atoms with Crippen LogP contribution in [0.2, 0.25) is 5.02 Å². The first-order valence-corrected chi connectivity index (χ1v) is 8.42. The van der Waals surface area contributed by atoms with Gasteiger partial charge in [-0.3, -0.25) is 0 Å². The number of benzene rings is 1. The molecular weight excluding hydrogens is 281 g/mol. The van der Waals surface area contributed by atoms with Gasteiger partial charge in [-0.1, -0.05) is 31.0 Å². The molecule has 19 heavy (non-hydrogen) atoms.